The first kappa shape index (κ1) is 17.2. The van der Waals surface area contributed by atoms with Crippen LogP contribution in [0.4, 0.5) is 0 Å². The second-order valence-electron chi connectivity index (χ2n) is 5.65. The first-order chi connectivity index (χ1) is 12.2. The van der Waals surface area contributed by atoms with Crippen molar-refractivity contribution in [3.8, 4) is 0 Å². The van der Waals surface area contributed by atoms with Crippen molar-refractivity contribution in [1.29, 1.82) is 0 Å². The molecule has 0 aliphatic carbocycles. The number of nitrogens with one attached hydrogen (secondary N) is 1. The van der Waals surface area contributed by atoms with Crippen molar-refractivity contribution in [2.45, 2.75) is 12.6 Å². The minimum atomic E-state index is -0.431. The van der Waals surface area contributed by atoms with Gasteiger partial charge in [0.25, 0.3) is 0 Å². The number of thioether (sulfide) groups is 1. The van der Waals surface area contributed by atoms with Crippen molar-refractivity contribution in [3.63, 3.8) is 0 Å². The second-order valence-corrected chi connectivity index (χ2v) is 6.65. The second kappa shape index (κ2) is 8.48. The molecule has 5 nitrogen and oxygen atoms in total. The summed E-state index contributed by atoms with van der Waals surface area (Å²) in [5, 5.41) is 2.92. The molecule has 0 bridgehead atoms. The van der Waals surface area contributed by atoms with E-state index in [1.54, 1.807) is 35.1 Å². The molecule has 1 atom stereocenters. The summed E-state index contributed by atoms with van der Waals surface area (Å²) < 4.78 is 0. The average molecular weight is 353 g/mol. The summed E-state index contributed by atoms with van der Waals surface area (Å²) in [4.78, 5) is 30.5. The molecule has 1 fully saturated rings. The molecule has 0 radical (unpaired) electrons. The Morgan fingerprint density at radius 2 is 2.08 bits per heavy atom. The fraction of sp³-hybridized carbons (Fsp3) is 0.211. The van der Waals surface area contributed by atoms with Gasteiger partial charge in [-0.05, 0) is 23.3 Å². The van der Waals surface area contributed by atoms with Crippen molar-refractivity contribution >= 4 is 29.7 Å². The molecule has 1 aromatic heterocycles. The molecule has 0 spiro atoms. The molecule has 0 saturated carbocycles. The topological polar surface area (TPSA) is 62.3 Å². The number of carbonyl (C=O) groups excluding carboxylic acids is 2. The standard InChI is InChI=1S/C19H19N3O2S/c23-18(9-8-16-7-4-10-20-11-16)22-14-25-13-17(22)19(24)21-12-15-5-2-1-3-6-15/h1-11,17H,12-14H2,(H,21,24). The fourth-order valence-corrected chi connectivity index (χ4v) is 3.68. The van der Waals surface area contributed by atoms with Crippen LogP contribution < -0.4 is 5.32 Å². The maximum Gasteiger partial charge on any atom is 0.247 e. The van der Waals surface area contributed by atoms with E-state index in [0.717, 1.165) is 11.1 Å². The number of hydrogen-bond acceptors (Lipinski definition) is 4. The van der Waals surface area contributed by atoms with E-state index in [1.807, 2.05) is 42.5 Å². The highest BCUT2D eigenvalue weighted by Gasteiger charge is 2.33. The molecular formula is C19H19N3O2S. The minimum Gasteiger partial charge on any atom is -0.350 e. The monoisotopic (exact) mass is 353 g/mol. The van der Waals surface area contributed by atoms with Crippen LogP contribution in [-0.2, 0) is 16.1 Å². The molecule has 25 heavy (non-hydrogen) atoms. The third-order valence-electron chi connectivity index (χ3n) is 3.88. The van der Waals surface area contributed by atoms with Gasteiger partial charge in [0, 0.05) is 30.8 Å². The van der Waals surface area contributed by atoms with E-state index in [2.05, 4.69) is 10.3 Å². The zero-order valence-corrected chi connectivity index (χ0v) is 14.5. The van der Waals surface area contributed by atoms with E-state index < -0.39 is 6.04 Å². The quantitative estimate of drug-likeness (QED) is 0.838. The largest absolute Gasteiger partial charge is 0.350 e. The summed E-state index contributed by atoms with van der Waals surface area (Å²) in [6.07, 6.45) is 6.59. The highest BCUT2D eigenvalue weighted by Crippen LogP contribution is 2.21. The third-order valence-corrected chi connectivity index (χ3v) is 4.89. The number of carbonyl (C=O) groups is 2. The number of hydrogen-bond donors (Lipinski definition) is 1. The number of pyridine rings is 1. The molecule has 1 N–H and O–H groups in total. The van der Waals surface area contributed by atoms with E-state index in [-0.39, 0.29) is 11.8 Å². The normalized spacial score (nSPS) is 17.0. The Morgan fingerprint density at radius 1 is 1.24 bits per heavy atom. The third kappa shape index (κ3) is 4.70. The van der Waals surface area contributed by atoms with Crippen LogP contribution in [0, 0.1) is 0 Å². The van der Waals surface area contributed by atoms with Crippen LogP contribution in [0.3, 0.4) is 0 Å². The Kier molecular flexibility index (Phi) is 5.85. The van der Waals surface area contributed by atoms with Gasteiger partial charge in [0.15, 0.2) is 0 Å². The lowest BCUT2D eigenvalue weighted by molar-refractivity contribution is -0.134. The first-order valence-corrected chi connectivity index (χ1v) is 9.17. The van der Waals surface area contributed by atoms with Gasteiger partial charge < -0.3 is 10.2 Å². The average Bonchev–Trinajstić information content (AvgIpc) is 3.16. The van der Waals surface area contributed by atoms with Crippen LogP contribution >= 0.6 is 11.8 Å². The summed E-state index contributed by atoms with van der Waals surface area (Å²) in [5.74, 6) is 0.873. The van der Waals surface area contributed by atoms with E-state index in [0.29, 0.717) is 18.2 Å². The molecule has 1 unspecified atom stereocenters. The molecule has 1 aliphatic rings. The number of nitrogens with zero attached hydrogens (tertiary/aromatic N) is 2. The predicted molar refractivity (Wildman–Crippen MR) is 99.5 cm³/mol. The molecule has 1 saturated heterocycles. The van der Waals surface area contributed by atoms with Crippen molar-refractivity contribution in [2.24, 2.45) is 0 Å². The highest BCUT2D eigenvalue weighted by atomic mass is 32.2. The van der Waals surface area contributed by atoms with E-state index >= 15 is 0 Å². The fourth-order valence-electron chi connectivity index (χ4n) is 2.52. The van der Waals surface area contributed by atoms with Crippen LogP contribution in [0.2, 0.25) is 0 Å². The van der Waals surface area contributed by atoms with Gasteiger partial charge in [-0.1, -0.05) is 36.4 Å². The lowest BCUT2D eigenvalue weighted by Crippen LogP contribution is -2.46. The van der Waals surface area contributed by atoms with E-state index in [9.17, 15) is 9.59 Å². The number of amides is 2. The first-order valence-electron chi connectivity index (χ1n) is 8.02. The Morgan fingerprint density at radius 3 is 2.84 bits per heavy atom. The van der Waals surface area contributed by atoms with E-state index in [1.165, 1.54) is 6.08 Å². The molecule has 2 amide bonds. The van der Waals surface area contributed by atoms with Gasteiger partial charge in [0.1, 0.15) is 6.04 Å². The smallest absolute Gasteiger partial charge is 0.247 e. The number of aromatic nitrogens is 1. The summed E-state index contributed by atoms with van der Waals surface area (Å²) in [7, 11) is 0. The van der Waals surface area contributed by atoms with Crippen molar-refractivity contribution in [2.75, 3.05) is 11.6 Å². The van der Waals surface area contributed by atoms with Crippen molar-refractivity contribution in [1.82, 2.24) is 15.2 Å². The van der Waals surface area contributed by atoms with Gasteiger partial charge in [-0.2, -0.15) is 0 Å². The van der Waals surface area contributed by atoms with Gasteiger partial charge in [-0.15, -0.1) is 11.8 Å². The maximum atomic E-state index is 12.5. The molecule has 1 aromatic carbocycles. The van der Waals surface area contributed by atoms with Gasteiger partial charge in [0.2, 0.25) is 11.8 Å². The molecule has 128 valence electrons. The molecule has 2 aromatic rings. The summed E-state index contributed by atoms with van der Waals surface area (Å²) in [6, 6.07) is 13.0. The summed E-state index contributed by atoms with van der Waals surface area (Å²) in [5.41, 5.74) is 1.89. The Balaban J connectivity index is 1.58. The minimum absolute atomic E-state index is 0.114. The van der Waals surface area contributed by atoms with Crippen LogP contribution in [0.15, 0.2) is 60.9 Å². The van der Waals surface area contributed by atoms with Crippen LogP contribution in [-0.4, -0.2) is 39.4 Å². The summed E-state index contributed by atoms with van der Waals surface area (Å²) in [6.45, 7) is 0.467. The van der Waals surface area contributed by atoms with Gasteiger partial charge in [-0.3, -0.25) is 14.6 Å². The van der Waals surface area contributed by atoms with E-state index in [4.69, 9.17) is 0 Å². The Bertz CT molecular complexity index is 750. The van der Waals surface area contributed by atoms with Crippen LogP contribution in [0.5, 0.6) is 0 Å². The molecule has 1 aliphatic heterocycles. The van der Waals surface area contributed by atoms with Gasteiger partial charge in [0.05, 0.1) is 5.88 Å². The molecule has 3 rings (SSSR count). The number of benzene rings is 1. The summed E-state index contributed by atoms with van der Waals surface area (Å²) >= 11 is 1.59. The van der Waals surface area contributed by atoms with Crippen molar-refractivity contribution < 1.29 is 9.59 Å². The maximum absolute atomic E-state index is 12.5. The lowest BCUT2D eigenvalue weighted by atomic mass is 10.2. The van der Waals surface area contributed by atoms with Crippen LogP contribution in [0.1, 0.15) is 11.1 Å². The van der Waals surface area contributed by atoms with Crippen molar-refractivity contribution in [3.05, 3.63) is 72.1 Å². The zero-order valence-electron chi connectivity index (χ0n) is 13.7. The number of rotatable bonds is 5. The lowest BCUT2D eigenvalue weighted by Gasteiger charge is -2.21. The molecule has 6 heteroatoms. The Hall–Kier alpha value is -2.60. The highest BCUT2D eigenvalue weighted by molar-refractivity contribution is 7.99. The van der Waals surface area contributed by atoms with Gasteiger partial charge >= 0.3 is 0 Å². The Labute approximate surface area is 151 Å². The van der Waals surface area contributed by atoms with Crippen LogP contribution in [0.25, 0.3) is 6.08 Å². The predicted octanol–water partition coefficient (Wildman–Crippen LogP) is 2.31. The zero-order chi connectivity index (χ0) is 17.5. The molecular weight excluding hydrogens is 334 g/mol. The molecule has 2 heterocycles. The SMILES string of the molecule is O=C(NCc1ccccc1)C1CSCN1C(=O)C=Cc1cccnc1. The van der Waals surface area contributed by atoms with Gasteiger partial charge in [-0.25, -0.2) is 0 Å².